The quantitative estimate of drug-likeness (QED) is 0.217. The van der Waals surface area contributed by atoms with Crippen molar-refractivity contribution in [3.05, 3.63) is 58.8 Å². The number of phenols is 2. The summed E-state index contributed by atoms with van der Waals surface area (Å²) < 4.78 is 0. The largest absolute Gasteiger partial charge is 0.504 e. The highest BCUT2D eigenvalue weighted by molar-refractivity contribution is 8.00. The maximum atomic E-state index is 11.3. The number of hydrogen-bond acceptors (Lipinski definition) is 10. The first-order valence-corrected chi connectivity index (χ1v) is 17.6. The maximum Gasteiger partial charge on any atom is 0.165 e. The molecule has 7 nitrogen and oxygen atoms in total. The van der Waals surface area contributed by atoms with Gasteiger partial charge >= 0.3 is 0 Å². The first kappa shape index (κ1) is 30.5. The third kappa shape index (κ3) is 7.17. The van der Waals surface area contributed by atoms with Crippen molar-refractivity contribution in [1.82, 2.24) is 9.97 Å². The molecule has 0 spiro atoms. The number of hydrogen-bond donors (Lipinski definition) is 3. The van der Waals surface area contributed by atoms with Crippen molar-refractivity contribution in [2.75, 3.05) is 64.0 Å². The second kappa shape index (κ2) is 14.5. The number of anilines is 2. The molecule has 41 heavy (non-hydrogen) atoms. The Balaban J connectivity index is 1.36. The summed E-state index contributed by atoms with van der Waals surface area (Å²) in [4.78, 5) is 12.7. The molecule has 3 heterocycles. The molecular weight excluding hydrogens is 619 g/mol. The number of benzene rings is 2. The van der Waals surface area contributed by atoms with Crippen molar-refractivity contribution in [2.24, 2.45) is 0 Å². The molecule has 1 saturated heterocycles. The highest BCUT2D eigenvalue weighted by Crippen LogP contribution is 2.40. The van der Waals surface area contributed by atoms with E-state index < -0.39 is 6.23 Å². The van der Waals surface area contributed by atoms with E-state index in [9.17, 15) is 15.3 Å². The zero-order valence-electron chi connectivity index (χ0n) is 22.4. The van der Waals surface area contributed by atoms with Crippen LogP contribution >= 0.6 is 58.5 Å². The summed E-state index contributed by atoms with van der Waals surface area (Å²) in [5, 5.41) is 36.0. The van der Waals surface area contributed by atoms with E-state index in [-0.39, 0.29) is 11.5 Å². The van der Waals surface area contributed by atoms with Crippen LogP contribution in [0.25, 0.3) is 21.8 Å². The number of rotatable bonds is 2. The molecule has 0 bridgehead atoms. The highest BCUT2D eigenvalue weighted by atomic mass is 35.5. The number of aromatic hydroxyl groups is 2. The Kier molecular flexibility index (Phi) is 10.8. The average Bonchev–Trinajstić information content (AvgIpc) is 2.98. The van der Waals surface area contributed by atoms with Gasteiger partial charge in [-0.05, 0) is 54.3 Å². The van der Waals surface area contributed by atoms with Crippen LogP contribution < -0.4 is 9.80 Å². The fourth-order valence-corrected chi connectivity index (χ4v) is 8.23. The number of phenolic OH excluding ortho intramolecular Hbond substituents is 2. The van der Waals surface area contributed by atoms with E-state index in [4.69, 9.17) is 23.2 Å². The third-order valence-electron chi connectivity index (χ3n) is 6.93. The lowest BCUT2D eigenvalue weighted by atomic mass is 10.1. The van der Waals surface area contributed by atoms with Crippen LogP contribution in [0.2, 0.25) is 10.0 Å². The molecule has 0 unspecified atom stereocenters. The molecule has 12 heteroatoms. The van der Waals surface area contributed by atoms with Crippen LogP contribution in [0.15, 0.2) is 48.8 Å². The molecule has 3 N–H and O–H groups in total. The van der Waals surface area contributed by atoms with Crippen molar-refractivity contribution in [1.29, 1.82) is 0 Å². The van der Waals surface area contributed by atoms with Crippen LogP contribution in [0, 0.1) is 0 Å². The minimum absolute atomic E-state index is 0.0216. The Bertz CT molecular complexity index is 1500. The van der Waals surface area contributed by atoms with Crippen LogP contribution in [0.5, 0.6) is 11.5 Å². The number of pyridine rings is 2. The lowest BCUT2D eigenvalue weighted by Crippen LogP contribution is -2.39. The topological polar surface area (TPSA) is 93.0 Å². The predicted molar refractivity (Wildman–Crippen MR) is 179 cm³/mol. The molecule has 4 aromatic rings. The molecule has 1 aliphatic heterocycles. The number of nitrogens with zero attached hydrogens (tertiary/aromatic N) is 4. The number of thioether (sulfide) groups is 3. The Morgan fingerprint density at radius 2 is 1.27 bits per heavy atom. The summed E-state index contributed by atoms with van der Waals surface area (Å²) >= 11 is 18.5. The SMILES string of the molecule is Oc1c(N2CCSCCCSCCN(c3cc(Cl)c4cccnc4c3O)[C@@H](O)CSCC2)cc(Cl)c2cccnc12. The van der Waals surface area contributed by atoms with Gasteiger partial charge in [0.1, 0.15) is 17.3 Å². The fourth-order valence-electron chi connectivity index (χ4n) is 4.85. The summed E-state index contributed by atoms with van der Waals surface area (Å²) in [6, 6.07) is 10.8. The van der Waals surface area contributed by atoms with Gasteiger partial charge in [0.2, 0.25) is 0 Å². The van der Waals surface area contributed by atoms with Crippen molar-refractivity contribution in [3.63, 3.8) is 0 Å². The molecule has 1 atom stereocenters. The molecule has 1 fully saturated rings. The molecule has 1 aliphatic rings. The monoisotopic (exact) mass is 650 g/mol. The zero-order valence-corrected chi connectivity index (χ0v) is 26.3. The van der Waals surface area contributed by atoms with Crippen LogP contribution in [0.1, 0.15) is 6.42 Å². The number of aromatic nitrogens is 2. The number of halogens is 2. The van der Waals surface area contributed by atoms with Gasteiger partial charge in [0.05, 0.1) is 21.4 Å². The Labute approximate surface area is 262 Å². The van der Waals surface area contributed by atoms with Gasteiger partial charge in [0, 0.05) is 65.8 Å². The van der Waals surface area contributed by atoms with Crippen molar-refractivity contribution >= 4 is 91.7 Å². The smallest absolute Gasteiger partial charge is 0.165 e. The number of aliphatic hydroxyl groups excluding tert-OH is 1. The van der Waals surface area contributed by atoms with Crippen LogP contribution in [0.3, 0.4) is 0 Å². The highest BCUT2D eigenvalue weighted by Gasteiger charge is 2.23. The van der Waals surface area contributed by atoms with E-state index in [1.807, 2.05) is 52.7 Å². The van der Waals surface area contributed by atoms with Gasteiger partial charge in [-0.15, -0.1) is 0 Å². The van der Waals surface area contributed by atoms with E-state index in [2.05, 4.69) is 14.9 Å². The molecule has 5 rings (SSSR count). The van der Waals surface area contributed by atoms with Crippen LogP contribution in [-0.2, 0) is 0 Å². The summed E-state index contributed by atoms with van der Waals surface area (Å²) in [6.45, 7) is 1.98. The molecular formula is C29H32Cl2N4O3S3. The second-order valence-corrected chi connectivity index (χ2v) is 14.0. The Morgan fingerprint density at radius 3 is 1.90 bits per heavy atom. The summed E-state index contributed by atoms with van der Waals surface area (Å²) in [5.41, 5.74) is 2.07. The van der Waals surface area contributed by atoms with E-state index in [0.717, 1.165) is 41.4 Å². The van der Waals surface area contributed by atoms with Crippen molar-refractivity contribution in [2.45, 2.75) is 12.6 Å². The van der Waals surface area contributed by atoms with Gasteiger partial charge in [-0.25, -0.2) is 0 Å². The van der Waals surface area contributed by atoms with Crippen LogP contribution in [0.4, 0.5) is 11.4 Å². The van der Waals surface area contributed by atoms with E-state index in [1.54, 1.807) is 36.3 Å². The lowest BCUT2D eigenvalue weighted by Gasteiger charge is -2.31. The Morgan fingerprint density at radius 1 is 0.732 bits per heavy atom. The summed E-state index contributed by atoms with van der Waals surface area (Å²) in [6.07, 6.45) is 3.51. The Hall–Kier alpha value is -1.95. The van der Waals surface area contributed by atoms with E-state index in [1.165, 1.54) is 0 Å². The molecule has 0 amide bonds. The molecule has 218 valence electrons. The van der Waals surface area contributed by atoms with Crippen LogP contribution in [-0.4, -0.2) is 85.7 Å². The molecule has 0 radical (unpaired) electrons. The summed E-state index contributed by atoms with van der Waals surface area (Å²) in [7, 11) is 0. The lowest BCUT2D eigenvalue weighted by molar-refractivity contribution is 0.194. The van der Waals surface area contributed by atoms with E-state index >= 15 is 0 Å². The van der Waals surface area contributed by atoms with Crippen molar-refractivity contribution in [3.8, 4) is 11.5 Å². The van der Waals surface area contributed by atoms with E-state index in [0.29, 0.717) is 62.4 Å². The van der Waals surface area contributed by atoms with Crippen molar-refractivity contribution < 1.29 is 15.3 Å². The van der Waals surface area contributed by atoms with Gasteiger partial charge in [0.15, 0.2) is 11.5 Å². The van der Waals surface area contributed by atoms with Gasteiger partial charge in [-0.1, -0.05) is 23.2 Å². The van der Waals surface area contributed by atoms with Gasteiger partial charge in [0.25, 0.3) is 0 Å². The number of aliphatic hydroxyl groups is 1. The predicted octanol–water partition coefficient (Wildman–Crippen LogP) is 6.74. The minimum atomic E-state index is -0.839. The summed E-state index contributed by atoms with van der Waals surface area (Å²) in [5.74, 6) is 5.09. The van der Waals surface area contributed by atoms with Gasteiger partial charge in [-0.2, -0.15) is 35.3 Å². The normalized spacial score (nSPS) is 18.7. The fraction of sp³-hybridized carbons (Fsp3) is 0.379. The van der Waals surface area contributed by atoms with Gasteiger partial charge in [-0.3, -0.25) is 9.97 Å². The third-order valence-corrected chi connectivity index (χ3v) is 10.7. The molecule has 2 aromatic carbocycles. The first-order valence-electron chi connectivity index (χ1n) is 13.4. The first-order chi connectivity index (χ1) is 20.0. The minimum Gasteiger partial charge on any atom is -0.504 e. The zero-order chi connectivity index (χ0) is 28.8. The number of fused-ring (bicyclic) bond motifs is 2. The standard InChI is InChI=1S/C29H32Cl2N4O3S3/c30-21-16-23(28(37)26-19(21)4-1-6-32-26)34-8-13-39-11-3-12-40-15-10-35(25(36)18-41-14-9-34)24-17-22(31)20-5-2-7-33-27(20)29(24)38/h1-2,4-7,16-17,25,36-38H,3,8-15,18H2/t25-/m0/s1. The second-order valence-electron chi connectivity index (χ2n) is 9.57. The molecule has 0 aliphatic carbocycles. The molecule has 0 saturated carbocycles. The molecule has 2 aromatic heterocycles. The average molecular weight is 652 g/mol. The maximum absolute atomic E-state index is 11.3. The van der Waals surface area contributed by atoms with Gasteiger partial charge < -0.3 is 25.1 Å².